The standard InChI is InChI=1S/C36H39FN6O4S/c1-36(2,3)47-30(44)20-41-14-10-24(11-15-41)22-6-8-23(9-7-22)25-17-26-27(28(37)18-25)19-43(34(26)46)32(33(45)40-35-38-12-16-48-35)31-29-5-4-13-42(29)21-39-31/h6-9,12,16-18,21,24,32H,4-5,10-11,13-15,19-20H2,1-3H3,(H,38,40,45). The Hall–Kier alpha value is -4.42. The van der Waals surface area contributed by atoms with Crippen LogP contribution in [0.5, 0.6) is 0 Å². The third-order valence-corrected chi connectivity index (χ3v) is 10.1. The lowest BCUT2D eigenvalue weighted by molar-refractivity contribution is -0.156. The first-order chi connectivity index (χ1) is 23.0. The number of anilines is 1. The number of nitrogens with one attached hydrogen (secondary N) is 1. The molecule has 0 radical (unpaired) electrons. The zero-order chi connectivity index (χ0) is 33.6. The van der Waals surface area contributed by atoms with Gasteiger partial charge >= 0.3 is 5.97 Å². The number of halogens is 1. The molecule has 3 aliphatic rings. The summed E-state index contributed by atoms with van der Waals surface area (Å²) in [6.45, 7) is 8.31. The number of ether oxygens (including phenoxy) is 1. The van der Waals surface area contributed by atoms with E-state index in [1.165, 1.54) is 27.9 Å². The Morgan fingerprint density at radius 3 is 2.56 bits per heavy atom. The monoisotopic (exact) mass is 670 g/mol. The first-order valence-corrected chi connectivity index (χ1v) is 17.3. The van der Waals surface area contributed by atoms with E-state index in [9.17, 15) is 14.4 Å². The van der Waals surface area contributed by atoms with Crippen molar-refractivity contribution in [3.63, 3.8) is 0 Å². The minimum absolute atomic E-state index is 0.0336. The third kappa shape index (κ3) is 6.51. The van der Waals surface area contributed by atoms with E-state index in [-0.39, 0.29) is 23.6 Å². The molecule has 0 aliphatic carbocycles. The molecule has 3 aliphatic heterocycles. The quantitative estimate of drug-likeness (QED) is 0.231. The number of carbonyl (C=O) groups excluding carboxylic acids is 3. The third-order valence-electron chi connectivity index (χ3n) is 9.36. The Labute approximate surface area is 282 Å². The number of fused-ring (bicyclic) bond motifs is 2. The number of nitrogens with zero attached hydrogens (tertiary/aromatic N) is 5. The van der Waals surface area contributed by atoms with E-state index in [1.807, 2.05) is 37.5 Å². The summed E-state index contributed by atoms with van der Waals surface area (Å²) in [5, 5.41) is 5.02. The van der Waals surface area contributed by atoms with Gasteiger partial charge in [-0.25, -0.2) is 14.4 Å². The first-order valence-electron chi connectivity index (χ1n) is 16.5. The number of esters is 1. The molecule has 250 valence electrons. The number of likely N-dealkylation sites (tertiary alicyclic amines) is 1. The average Bonchev–Trinajstić information content (AvgIpc) is 3.85. The molecule has 2 aromatic carbocycles. The molecule has 1 fully saturated rings. The second-order valence-corrected chi connectivity index (χ2v) is 14.7. The molecular formula is C36H39FN6O4S. The van der Waals surface area contributed by atoms with E-state index in [0.29, 0.717) is 28.9 Å². The summed E-state index contributed by atoms with van der Waals surface area (Å²) in [5.74, 6) is -1.15. The van der Waals surface area contributed by atoms with Crippen LogP contribution in [0.3, 0.4) is 0 Å². The van der Waals surface area contributed by atoms with Crippen LogP contribution in [0.15, 0.2) is 54.3 Å². The minimum Gasteiger partial charge on any atom is -0.459 e. The van der Waals surface area contributed by atoms with Crippen molar-refractivity contribution >= 4 is 34.3 Å². The molecule has 1 N–H and O–H groups in total. The van der Waals surface area contributed by atoms with Gasteiger partial charge < -0.3 is 14.2 Å². The van der Waals surface area contributed by atoms with Gasteiger partial charge in [0.2, 0.25) is 0 Å². The van der Waals surface area contributed by atoms with Crippen molar-refractivity contribution in [3.8, 4) is 11.1 Å². The Balaban J connectivity index is 1.07. The lowest BCUT2D eigenvalue weighted by atomic mass is 9.88. The molecule has 1 unspecified atom stereocenters. The average molecular weight is 671 g/mol. The Kier molecular flexibility index (Phi) is 8.63. The van der Waals surface area contributed by atoms with Crippen LogP contribution in [0.2, 0.25) is 0 Å². The fourth-order valence-electron chi connectivity index (χ4n) is 7.09. The van der Waals surface area contributed by atoms with E-state index >= 15 is 4.39 Å². The van der Waals surface area contributed by atoms with Crippen LogP contribution in [-0.4, -0.2) is 67.4 Å². The number of hydrogen-bond donors (Lipinski definition) is 1. The summed E-state index contributed by atoms with van der Waals surface area (Å²) in [6, 6.07) is 10.3. The number of aromatic nitrogens is 3. The minimum atomic E-state index is -1.03. The largest absolute Gasteiger partial charge is 0.459 e. The van der Waals surface area contributed by atoms with Gasteiger partial charge in [-0.1, -0.05) is 24.3 Å². The predicted molar refractivity (Wildman–Crippen MR) is 180 cm³/mol. The fourth-order valence-corrected chi connectivity index (χ4v) is 7.63. The summed E-state index contributed by atoms with van der Waals surface area (Å²) in [6.07, 6.45) is 6.86. The Bertz CT molecular complexity index is 1840. The molecular weight excluding hydrogens is 631 g/mol. The molecule has 1 atom stereocenters. The van der Waals surface area contributed by atoms with Crippen molar-refractivity contribution in [1.82, 2.24) is 24.3 Å². The summed E-state index contributed by atoms with van der Waals surface area (Å²) in [7, 11) is 0. The number of carbonyl (C=O) groups is 3. The normalized spacial score (nSPS) is 17.3. The van der Waals surface area contributed by atoms with E-state index in [4.69, 9.17) is 4.74 Å². The van der Waals surface area contributed by atoms with Crippen molar-refractivity contribution in [3.05, 3.63) is 88.2 Å². The van der Waals surface area contributed by atoms with Gasteiger partial charge in [-0.05, 0) is 94.3 Å². The molecule has 5 heterocycles. The van der Waals surface area contributed by atoms with Gasteiger partial charge in [0.1, 0.15) is 11.4 Å². The van der Waals surface area contributed by atoms with Crippen molar-refractivity contribution in [1.29, 1.82) is 0 Å². The van der Waals surface area contributed by atoms with Crippen molar-refractivity contribution in [2.45, 2.75) is 77.1 Å². The lowest BCUT2D eigenvalue weighted by Gasteiger charge is -2.32. The summed E-state index contributed by atoms with van der Waals surface area (Å²) in [4.78, 5) is 52.3. The highest BCUT2D eigenvalue weighted by atomic mass is 32.1. The van der Waals surface area contributed by atoms with Crippen LogP contribution in [0.4, 0.5) is 9.52 Å². The number of hydrogen-bond acceptors (Lipinski definition) is 8. The van der Waals surface area contributed by atoms with E-state index < -0.39 is 29.3 Å². The summed E-state index contributed by atoms with van der Waals surface area (Å²) >= 11 is 1.29. The highest BCUT2D eigenvalue weighted by Gasteiger charge is 2.42. The van der Waals surface area contributed by atoms with Gasteiger partial charge in [0.05, 0.1) is 25.1 Å². The second-order valence-electron chi connectivity index (χ2n) is 13.8. The predicted octanol–water partition coefficient (Wildman–Crippen LogP) is 5.95. The molecule has 12 heteroatoms. The van der Waals surface area contributed by atoms with E-state index in [0.717, 1.165) is 56.6 Å². The zero-order valence-electron chi connectivity index (χ0n) is 27.4. The molecule has 7 rings (SSSR count). The number of amides is 2. The lowest BCUT2D eigenvalue weighted by Crippen LogP contribution is -2.39. The van der Waals surface area contributed by atoms with Gasteiger partial charge in [0, 0.05) is 34.9 Å². The topological polar surface area (TPSA) is 110 Å². The van der Waals surface area contributed by atoms with Crippen LogP contribution in [-0.2, 0) is 33.8 Å². The van der Waals surface area contributed by atoms with Gasteiger partial charge in [0.25, 0.3) is 11.8 Å². The van der Waals surface area contributed by atoms with Gasteiger partial charge in [-0.2, -0.15) is 0 Å². The van der Waals surface area contributed by atoms with Gasteiger partial charge in [-0.15, -0.1) is 11.3 Å². The SMILES string of the molecule is CC(C)(C)OC(=O)CN1CCC(c2ccc(-c3cc(F)c4c(c3)C(=O)N(C(C(=O)Nc3nccs3)c3ncn5c3CCC5)C4)cc2)CC1. The number of imidazole rings is 1. The molecule has 2 amide bonds. The Morgan fingerprint density at radius 1 is 1.08 bits per heavy atom. The van der Waals surface area contributed by atoms with Crippen LogP contribution in [0, 0.1) is 5.82 Å². The Morgan fingerprint density at radius 2 is 1.85 bits per heavy atom. The highest BCUT2D eigenvalue weighted by Crippen LogP contribution is 2.38. The molecule has 4 aromatic rings. The molecule has 48 heavy (non-hydrogen) atoms. The van der Waals surface area contributed by atoms with Crippen molar-refractivity contribution in [2.75, 3.05) is 25.0 Å². The molecule has 2 aromatic heterocycles. The molecule has 0 saturated carbocycles. The number of piperidine rings is 1. The fraction of sp³-hybridized carbons (Fsp3) is 0.417. The van der Waals surface area contributed by atoms with Crippen LogP contribution >= 0.6 is 11.3 Å². The first kappa shape index (κ1) is 32.1. The highest BCUT2D eigenvalue weighted by molar-refractivity contribution is 7.13. The smallest absolute Gasteiger partial charge is 0.320 e. The van der Waals surface area contributed by atoms with E-state index in [1.54, 1.807) is 24.0 Å². The number of benzene rings is 2. The molecule has 0 bridgehead atoms. The van der Waals surface area contributed by atoms with Crippen molar-refractivity contribution < 1.29 is 23.5 Å². The number of thiazole rings is 1. The molecule has 1 saturated heterocycles. The van der Waals surface area contributed by atoms with Gasteiger partial charge in [-0.3, -0.25) is 24.6 Å². The number of rotatable bonds is 8. The van der Waals surface area contributed by atoms with Crippen LogP contribution in [0.25, 0.3) is 11.1 Å². The number of aryl methyl sites for hydroxylation is 1. The molecule has 10 nitrogen and oxygen atoms in total. The summed E-state index contributed by atoms with van der Waals surface area (Å²) < 4.78 is 23.2. The van der Waals surface area contributed by atoms with Crippen molar-refractivity contribution in [2.24, 2.45) is 0 Å². The maximum Gasteiger partial charge on any atom is 0.320 e. The van der Waals surface area contributed by atoms with Crippen LogP contribution in [0.1, 0.15) is 84.9 Å². The van der Waals surface area contributed by atoms with E-state index in [2.05, 4.69) is 32.3 Å². The van der Waals surface area contributed by atoms with Gasteiger partial charge in [0.15, 0.2) is 11.2 Å². The van der Waals surface area contributed by atoms with Crippen LogP contribution < -0.4 is 5.32 Å². The maximum atomic E-state index is 15.8. The second kappa shape index (κ2) is 12.9. The zero-order valence-corrected chi connectivity index (χ0v) is 28.2. The summed E-state index contributed by atoms with van der Waals surface area (Å²) in [5.41, 5.74) is 4.10. The molecule has 0 spiro atoms. The maximum absolute atomic E-state index is 15.8.